The monoisotopic (exact) mass is 230 g/mol. The van der Waals surface area contributed by atoms with Gasteiger partial charge in [0.15, 0.2) is 0 Å². The Hall–Kier alpha value is -1.39. The molecule has 0 radical (unpaired) electrons. The molecule has 8 unspecified atom stereocenters. The van der Waals surface area contributed by atoms with Gasteiger partial charge in [-0.2, -0.15) is 5.10 Å². The quantitative estimate of drug-likeness (QED) is 0.363. The highest BCUT2D eigenvalue weighted by molar-refractivity contribution is 6.08. The predicted molar refractivity (Wildman–Crippen MR) is 60.8 cm³/mol. The average Bonchev–Trinajstić information content (AvgIpc) is 2.74. The first-order valence-corrected chi connectivity index (χ1v) is 6.40. The van der Waals surface area contributed by atoms with Gasteiger partial charge in [-0.05, 0) is 30.1 Å². The molecule has 0 aliphatic heterocycles. The van der Waals surface area contributed by atoms with E-state index in [9.17, 15) is 4.79 Å². The molecular formula is C12H14N4O. The summed E-state index contributed by atoms with van der Waals surface area (Å²) >= 11 is 0. The molecular weight excluding hydrogens is 216 g/mol. The number of carbonyl (C=O) groups excluding carboxylic acids is 1. The number of hydrogen-bond acceptors (Lipinski definition) is 3. The van der Waals surface area contributed by atoms with Gasteiger partial charge >= 0.3 is 0 Å². The van der Waals surface area contributed by atoms with E-state index in [1.165, 1.54) is 6.42 Å². The minimum Gasteiger partial charge on any atom is -0.369 e. The van der Waals surface area contributed by atoms with E-state index in [2.05, 4.69) is 10.2 Å². The van der Waals surface area contributed by atoms with Crippen LogP contribution in [0.15, 0.2) is 10.2 Å². The summed E-state index contributed by atoms with van der Waals surface area (Å²) in [5.74, 6) is 4.74. The number of nitrogens with two attached hydrogens (primary N) is 2. The number of guanidine groups is 1. The van der Waals surface area contributed by atoms with Gasteiger partial charge in [-0.15, -0.1) is 5.10 Å². The minimum atomic E-state index is 0.0159. The SMILES string of the molecule is NC(N)=N/N=C1\C2C3CC4C2C(=O)C2C1C3C42. The van der Waals surface area contributed by atoms with Crippen LogP contribution in [-0.4, -0.2) is 17.5 Å². The summed E-state index contributed by atoms with van der Waals surface area (Å²) in [6.45, 7) is 0. The summed E-state index contributed by atoms with van der Waals surface area (Å²) < 4.78 is 0. The van der Waals surface area contributed by atoms with E-state index < -0.39 is 0 Å². The standard InChI is InChI=1S/C12H14N4O/c13-12(14)16-15-10-6-2-1-3-5-4(2)8(10)9(5)11(17)7(3)6/h2-9H,1H2,(H4,13,14,16)/b15-10+. The first kappa shape index (κ1) is 8.66. The maximum absolute atomic E-state index is 12.2. The van der Waals surface area contributed by atoms with E-state index in [-0.39, 0.29) is 17.8 Å². The topological polar surface area (TPSA) is 93.8 Å². The molecule has 5 heteroatoms. The van der Waals surface area contributed by atoms with Crippen molar-refractivity contribution in [3.63, 3.8) is 0 Å². The van der Waals surface area contributed by atoms with Crippen LogP contribution in [0.1, 0.15) is 6.42 Å². The maximum atomic E-state index is 12.2. The van der Waals surface area contributed by atoms with E-state index in [4.69, 9.17) is 11.5 Å². The summed E-state index contributed by atoms with van der Waals surface area (Å²) in [5.41, 5.74) is 11.8. The van der Waals surface area contributed by atoms with Crippen molar-refractivity contribution in [2.45, 2.75) is 6.42 Å². The van der Waals surface area contributed by atoms with E-state index in [1.807, 2.05) is 0 Å². The van der Waals surface area contributed by atoms with Crippen molar-refractivity contribution in [2.75, 3.05) is 0 Å². The van der Waals surface area contributed by atoms with Gasteiger partial charge in [-0.25, -0.2) is 0 Å². The molecule has 2 bridgehead atoms. The molecule has 0 amide bonds. The zero-order valence-corrected chi connectivity index (χ0v) is 9.28. The molecule has 0 aromatic rings. The first-order valence-electron chi connectivity index (χ1n) is 6.40. The number of fused-ring (bicyclic) bond motifs is 2. The molecule has 5 aliphatic rings. The molecule has 5 aliphatic carbocycles. The van der Waals surface area contributed by atoms with Gasteiger partial charge in [-0.3, -0.25) is 4.79 Å². The highest BCUT2D eigenvalue weighted by atomic mass is 16.1. The minimum absolute atomic E-state index is 0.0159. The van der Waals surface area contributed by atoms with Crippen LogP contribution >= 0.6 is 0 Å². The lowest BCUT2D eigenvalue weighted by Crippen LogP contribution is -2.48. The zero-order valence-electron chi connectivity index (χ0n) is 9.28. The number of rotatable bonds is 1. The normalized spacial score (nSPS) is 61.4. The molecule has 8 atom stereocenters. The van der Waals surface area contributed by atoms with E-state index in [0.717, 1.165) is 17.5 Å². The number of hydrogen-bond donors (Lipinski definition) is 2. The fraction of sp³-hybridized carbons (Fsp3) is 0.750. The summed E-state index contributed by atoms with van der Waals surface area (Å²) in [4.78, 5) is 12.2. The van der Waals surface area contributed by atoms with Crippen LogP contribution in [0, 0.1) is 47.3 Å². The Morgan fingerprint density at radius 1 is 1.06 bits per heavy atom. The Morgan fingerprint density at radius 2 is 1.76 bits per heavy atom. The van der Waals surface area contributed by atoms with Crippen LogP contribution in [0.3, 0.4) is 0 Å². The first-order chi connectivity index (χ1) is 8.20. The zero-order chi connectivity index (χ0) is 11.5. The van der Waals surface area contributed by atoms with E-state index in [1.54, 1.807) is 0 Å². The van der Waals surface area contributed by atoms with Crippen molar-refractivity contribution in [1.29, 1.82) is 0 Å². The average molecular weight is 230 g/mol. The number of nitrogens with zero attached hydrogens (tertiary/aromatic N) is 2. The smallest absolute Gasteiger partial charge is 0.211 e. The lowest BCUT2D eigenvalue weighted by Gasteiger charge is -2.43. The van der Waals surface area contributed by atoms with Crippen LogP contribution in [0.5, 0.6) is 0 Å². The fourth-order valence-electron chi connectivity index (χ4n) is 6.08. The Kier molecular flexibility index (Phi) is 1.15. The molecule has 0 spiro atoms. The Morgan fingerprint density at radius 3 is 2.53 bits per heavy atom. The molecule has 0 aromatic heterocycles. The third-order valence-corrected chi connectivity index (χ3v) is 6.12. The van der Waals surface area contributed by atoms with Crippen molar-refractivity contribution < 1.29 is 4.79 Å². The van der Waals surface area contributed by atoms with Gasteiger partial charge in [0.1, 0.15) is 5.78 Å². The van der Waals surface area contributed by atoms with Gasteiger partial charge in [0, 0.05) is 29.4 Å². The molecule has 5 nitrogen and oxygen atoms in total. The highest BCUT2D eigenvalue weighted by Crippen LogP contribution is 2.80. The second-order valence-electron chi connectivity index (χ2n) is 6.27. The lowest BCUT2D eigenvalue weighted by atomic mass is 9.59. The summed E-state index contributed by atoms with van der Waals surface area (Å²) in [5, 5.41) is 8.10. The molecule has 5 fully saturated rings. The van der Waals surface area contributed by atoms with Crippen LogP contribution in [0.2, 0.25) is 0 Å². The summed E-state index contributed by atoms with van der Waals surface area (Å²) in [6, 6.07) is 0. The molecule has 0 saturated heterocycles. The molecule has 5 saturated carbocycles. The van der Waals surface area contributed by atoms with Gasteiger partial charge in [0.25, 0.3) is 0 Å². The Bertz CT molecular complexity index is 521. The molecule has 0 aromatic carbocycles. The predicted octanol–water partition coefficient (Wildman–Crippen LogP) is -0.427. The summed E-state index contributed by atoms with van der Waals surface area (Å²) in [6.07, 6.45) is 1.25. The number of ketones is 1. The highest BCUT2D eigenvalue weighted by Gasteiger charge is 2.83. The third-order valence-electron chi connectivity index (χ3n) is 6.12. The molecule has 4 N–H and O–H groups in total. The number of Topliss-reactive ketones (excluding diaryl/α,β-unsaturated/α-hetero) is 1. The molecule has 88 valence electrons. The van der Waals surface area contributed by atoms with Crippen LogP contribution in [0.4, 0.5) is 0 Å². The lowest BCUT2D eigenvalue weighted by molar-refractivity contribution is -0.129. The third kappa shape index (κ3) is 0.654. The van der Waals surface area contributed by atoms with Crippen molar-refractivity contribution >= 4 is 17.5 Å². The summed E-state index contributed by atoms with van der Waals surface area (Å²) in [7, 11) is 0. The second-order valence-corrected chi connectivity index (χ2v) is 6.27. The Balaban J connectivity index is 1.68. The largest absolute Gasteiger partial charge is 0.369 e. The molecule has 0 heterocycles. The van der Waals surface area contributed by atoms with Crippen molar-refractivity contribution in [2.24, 2.45) is 69.0 Å². The second kappa shape index (κ2) is 2.26. The van der Waals surface area contributed by atoms with E-state index >= 15 is 0 Å². The van der Waals surface area contributed by atoms with Crippen LogP contribution < -0.4 is 11.5 Å². The van der Waals surface area contributed by atoms with Crippen molar-refractivity contribution in [3.05, 3.63) is 0 Å². The van der Waals surface area contributed by atoms with Crippen molar-refractivity contribution in [3.8, 4) is 0 Å². The maximum Gasteiger partial charge on any atom is 0.211 e. The molecule has 5 rings (SSSR count). The van der Waals surface area contributed by atoms with Gasteiger partial charge in [0.05, 0.1) is 0 Å². The van der Waals surface area contributed by atoms with Gasteiger partial charge in [0.2, 0.25) is 5.96 Å². The van der Waals surface area contributed by atoms with Gasteiger partial charge in [-0.1, -0.05) is 0 Å². The van der Waals surface area contributed by atoms with Crippen LogP contribution in [0.25, 0.3) is 0 Å². The number of carbonyl (C=O) groups is 1. The molecule has 17 heavy (non-hydrogen) atoms. The Labute approximate surface area is 98.3 Å². The van der Waals surface area contributed by atoms with Gasteiger partial charge < -0.3 is 11.5 Å². The van der Waals surface area contributed by atoms with E-state index in [0.29, 0.717) is 29.5 Å². The van der Waals surface area contributed by atoms with Crippen molar-refractivity contribution in [1.82, 2.24) is 0 Å². The van der Waals surface area contributed by atoms with Crippen LogP contribution in [-0.2, 0) is 4.79 Å². The fourth-order valence-corrected chi connectivity index (χ4v) is 6.08.